The Morgan fingerprint density at radius 1 is 1.17 bits per heavy atom. The predicted molar refractivity (Wildman–Crippen MR) is 118 cm³/mol. The van der Waals surface area contributed by atoms with Gasteiger partial charge in [0.1, 0.15) is 6.61 Å². The van der Waals surface area contributed by atoms with E-state index in [4.69, 9.17) is 10.5 Å². The molecule has 1 aliphatic heterocycles. The van der Waals surface area contributed by atoms with Crippen molar-refractivity contribution in [3.05, 3.63) is 65.7 Å². The van der Waals surface area contributed by atoms with Crippen LogP contribution in [0.15, 0.2) is 54.6 Å². The summed E-state index contributed by atoms with van der Waals surface area (Å²) in [5.74, 6) is 0.694. The Balaban J connectivity index is 1.56. The molecule has 0 spiro atoms. The maximum absolute atomic E-state index is 12.1. The van der Waals surface area contributed by atoms with Crippen LogP contribution in [0.5, 0.6) is 0 Å². The highest BCUT2D eigenvalue weighted by Crippen LogP contribution is 2.31. The molecule has 0 radical (unpaired) electrons. The van der Waals surface area contributed by atoms with Gasteiger partial charge in [-0.1, -0.05) is 56.3 Å². The second-order valence-corrected chi connectivity index (χ2v) is 8.33. The number of piperidine rings is 1. The lowest BCUT2D eigenvalue weighted by Crippen LogP contribution is -2.42. The minimum atomic E-state index is -0.445. The minimum absolute atomic E-state index is 0.251. The summed E-state index contributed by atoms with van der Waals surface area (Å²) in [6, 6.07) is 18.3. The van der Waals surface area contributed by atoms with Gasteiger partial charge in [-0.05, 0) is 55.0 Å². The molecule has 5 nitrogen and oxygen atoms in total. The van der Waals surface area contributed by atoms with Crippen LogP contribution in [-0.4, -0.2) is 30.1 Å². The number of benzene rings is 2. The summed E-state index contributed by atoms with van der Waals surface area (Å²) in [6.07, 6.45) is 2.78. The summed E-state index contributed by atoms with van der Waals surface area (Å²) < 4.78 is 5.29. The van der Waals surface area contributed by atoms with Gasteiger partial charge in [-0.15, -0.1) is 0 Å². The van der Waals surface area contributed by atoms with Crippen molar-refractivity contribution >= 4 is 11.8 Å². The van der Waals surface area contributed by atoms with Crippen LogP contribution >= 0.6 is 0 Å². The molecule has 2 atom stereocenters. The SMILES string of the molecule is CC(C)CCN1CCC(N)CC1c1ccc(NC(=O)OCc2ccccc2)cc1. The molecule has 0 aromatic heterocycles. The first kappa shape index (κ1) is 21.3. The van der Waals surface area contributed by atoms with E-state index >= 15 is 0 Å². The summed E-state index contributed by atoms with van der Waals surface area (Å²) in [6.45, 7) is 6.94. The smallest absolute Gasteiger partial charge is 0.411 e. The normalized spacial score (nSPS) is 19.9. The van der Waals surface area contributed by atoms with Crippen LogP contribution in [0.2, 0.25) is 0 Å². The molecular formula is C24H33N3O2. The fraction of sp³-hybridized carbons (Fsp3) is 0.458. The molecule has 1 fully saturated rings. The molecule has 1 heterocycles. The summed E-state index contributed by atoms with van der Waals surface area (Å²) in [5, 5.41) is 2.80. The molecule has 3 rings (SSSR count). The van der Waals surface area contributed by atoms with Crippen LogP contribution in [-0.2, 0) is 11.3 Å². The van der Waals surface area contributed by atoms with E-state index in [2.05, 4.69) is 36.2 Å². The van der Waals surface area contributed by atoms with Crippen molar-refractivity contribution in [2.24, 2.45) is 11.7 Å². The van der Waals surface area contributed by atoms with E-state index in [-0.39, 0.29) is 12.6 Å². The maximum atomic E-state index is 12.1. The number of likely N-dealkylation sites (tertiary alicyclic amines) is 1. The summed E-state index contributed by atoms with van der Waals surface area (Å²) in [5.41, 5.74) is 9.22. The number of ether oxygens (including phenoxy) is 1. The number of hydrogen-bond acceptors (Lipinski definition) is 4. The van der Waals surface area contributed by atoms with Crippen molar-refractivity contribution in [2.75, 3.05) is 18.4 Å². The summed E-state index contributed by atoms with van der Waals surface area (Å²) in [7, 11) is 0. The zero-order chi connectivity index (χ0) is 20.6. The van der Waals surface area contributed by atoms with Gasteiger partial charge in [0.25, 0.3) is 0 Å². The molecule has 5 heteroatoms. The molecule has 2 aromatic rings. The van der Waals surface area contributed by atoms with E-state index < -0.39 is 6.09 Å². The van der Waals surface area contributed by atoms with Crippen molar-refractivity contribution < 1.29 is 9.53 Å². The Bertz CT molecular complexity index is 761. The average Bonchev–Trinajstić information content (AvgIpc) is 2.72. The zero-order valence-corrected chi connectivity index (χ0v) is 17.5. The van der Waals surface area contributed by atoms with E-state index in [1.54, 1.807) is 0 Å². The predicted octanol–water partition coefficient (Wildman–Crippen LogP) is 4.95. The lowest BCUT2D eigenvalue weighted by Gasteiger charge is -2.39. The summed E-state index contributed by atoms with van der Waals surface area (Å²) in [4.78, 5) is 14.6. The van der Waals surface area contributed by atoms with Gasteiger partial charge < -0.3 is 10.5 Å². The van der Waals surface area contributed by atoms with Crippen molar-refractivity contribution in [3.8, 4) is 0 Å². The quantitative estimate of drug-likeness (QED) is 0.696. The van der Waals surface area contributed by atoms with E-state index in [0.29, 0.717) is 12.0 Å². The Kier molecular flexibility index (Phi) is 7.67. The number of nitrogens with two attached hydrogens (primary N) is 1. The monoisotopic (exact) mass is 395 g/mol. The minimum Gasteiger partial charge on any atom is -0.444 e. The molecule has 1 amide bonds. The molecule has 1 aliphatic rings. The lowest BCUT2D eigenvalue weighted by atomic mass is 9.91. The Labute approximate surface area is 174 Å². The number of rotatable bonds is 7. The molecule has 29 heavy (non-hydrogen) atoms. The first-order valence-electron chi connectivity index (χ1n) is 10.6. The Morgan fingerprint density at radius 3 is 2.59 bits per heavy atom. The largest absolute Gasteiger partial charge is 0.444 e. The molecule has 0 saturated carbocycles. The Morgan fingerprint density at radius 2 is 1.90 bits per heavy atom. The molecule has 0 aliphatic carbocycles. The molecule has 2 aromatic carbocycles. The van der Waals surface area contributed by atoms with E-state index in [1.807, 2.05) is 42.5 Å². The first-order chi connectivity index (χ1) is 14.0. The van der Waals surface area contributed by atoms with Gasteiger partial charge in [-0.3, -0.25) is 10.2 Å². The van der Waals surface area contributed by atoms with E-state index in [0.717, 1.165) is 37.2 Å². The van der Waals surface area contributed by atoms with Crippen LogP contribution in [0.4, 0.5) is 10.5 Å². The van der Waals surface area contributed by atoms with Gasteiger partial charge in [-0.25, -0.2) is 4.79 Å². The standard InChI is InChI=1S/C24H33N3O2/c1-18(2)12-14-27-15-13-21(25)16-23(27)20-8-10-22(11-9-20)26-24(28)29-17-19-6-4-3-5-7-19/h3-11,18,21,23H,12-17,25H2,1-2H3,(H,26,28). The van der Waals surface area contributed by atoms with Crippen LogP contribution in [0.1, 0.15) is 50.3 Å². The highest BCUT2D eigenvalue weighted by atomic mass is 16.5. The second-order valence-electron chi connectivity index (χ2n) is 8.33. The molecule has 156 valence electrons. The number of nitrogens with zero attached hydrogens (tertiary/aromatic N) is 1. The molecular weight excluding hydrogens is 362 g/mol. The number of hydrogen-bond donors (Lipinski definition) is 2. The van der Waals surface area contributed by atoms with Gasteiger partial charge >= 0.3 is 6.09 Å². The van der Waals surface area contributed by atoms with E-state index in [9.17, 15) is 4.79 Å². The number of nitrogens with one attached hydrogen (secondary N) is 1. The highest BCUT2D eigenvalue weighted by Gasteiger charge is 2.27. The van der Waals surface area contributed by atoms with Crippen LogP contribution in [0, 0.1) is 5.92 Å². The van der Waals surface area contributed by atoms with Crippen molar-refractivity contribution in [2.45, 2.75) is 51.8 Å². The topological polar surface area (TPSA) is 67.6 Å². The Hall–Kier alpha value is -2.37. The third-order valence-electron chi connectivity index (χ3n) is 5.50. The van der Waals surface area contributed by atoms with Gasteiger partial charge in [0.2, 0.25) is 0 Å². The maximum Gasteiger partial charge on any atom is 0.411 e. The zero-order valence-electron chi connectivity index (χ0n) is 17.5. The fourth-order valence-corrected chi connectivity index (χ4v) is 3.75. The number of anilines is 1. The second kappa shape index (κ2) is 10.4. The summed E-state index contributed by atoms with van der Waals surface area (Å²) >= 11 is 0. The lowest BCUT2D eigenvalue weighted by molar-refractivity contribution is 0.129. The van der Waals surface area contributed by atoms with Crippen molar-refractivity contribution in [3.63, 3.8) is 0 Å². The van der Waals surface area contributed by atoms with Crippen molar-refractivity contribution in [1.82, 2.24) is 4.90 Å². The van der Waals surface area contributed by atoms with Crippen LogP contribution in [0.3, 0.4) is 0 Å². The number of amides is 1. The third kappa shape index (κ3) is 6.58. The van der Waals surface area contributed by atoms with Gasteiger partial charge in [0.05, 0.1) is 0 Å². The van der Waals surface area contributed by atoms with Crippen LogP contribution in [0.25, 0.3) is 0 Å². The van der Waals surface area contributed by atoms with Gasteiger partial charge in [0, 0.05) is 24.3 Å². The molecule has 1 saturated heterocycles. The van der Waals surface area contributed by atoms with Crippen LogP contribution < -0.4 is 11.1 Å². The van der Waals surface area contributed by atoms with Crippen molar-refractivity contribution in [1.29, 1.82) is 0 Å². The van der Waals surface area contributed by atoms with E-state index in [1.165, 1.54) is 12.0 Å². The molecule has 3 N–H and O–H groups in total. The number of carbonyl (C=O) groups is 1. The molecule has 0 bridgehead atoms. The van der Waals surface area contributed by atoms with Gasteiger partial charge in [-0.2, -0.15) is 0 Å². The molecule has 2 unspecified atom stereocenters. The average molecular weight is 396 g/mol. The fourth-order valence-electron chi connectivity index (χ4n) is 3.75. The first-order valence-corrected chi connectivity index (χ1v) is 10.6. The number of carbonyl (C=O) groups excluding carboxylic acids is 1. The highest BCUT2D eigenvalue weighted by molar-refractivity contribution is 5.84. The van der Waals surface area contributed by atoms with Gasteiger partial charge in [0.15, 0.2) is 0 Å². The third-order valence-corrected chi connectivity index (χ3v) is 5.50.